The van der Waals surface area contributed by atoms with Crippen LogP contribution in [0.25, 0.3) is 0 Å². The molecule has 1 aromatic rings. The van der Waals surface area contributed by atoms with E-state index in [-0.39, 0.29) is 5.91 Å². The van der Waals surface area contributed by atoms with Crippen molar-refractivity contribution < 1.29 is 9.53 Å². The third-order valence-corrected chi connectivity index (χ3v) is 2.51. The Morgan fingerprint density at radius 1 is 1.53 bits per heavy atom. The molecule has 1 rings (SSSR count). The highest BCUT2D eigenvalue weighted by atomic mass is 35.5. The van der Waals surface area contributed by atoms with Gasteiger partial charge in [-0.05, 0) is 24.6 Å². The van der Waals surface area contributed by atoms with Crippen LogP contribution in [0.1, 0.15) is 15.9 Å². The number of hydrogen-bond acceptors (Lipinski definition) is 2. The standard InChI is InChI=1S/C11H14ClNO2/c1-8-9(4-3-5-10(8)12)11(14)13-6-7-15-2/h3-5H,6-7H2,1-2H3,(H,13,14). The van der Waals surface area contributed by atoms with Crippen molar-refractivity contribution in [1.82, 2.24) is 5.32 Å². The summed E-state index contributed by atoms with van der Waals surface area (Å²) in [6, 6.07) is 5.28. The van der Waals surface area contributed by atoms with Crippen molar-refractivity contribution in [3.05, 3.63) is 34.3 Å². The molecule has 0 aliphatic carbocycles. The molecule has 1 amide bonds. The second kappa shape index (κ2) is 5.73. The summed E-state index contributed by atoms with van der Waals surface area (Å²) >= 11 is 5.91. The second-order valence-corrected chi connectivity index (χ2v) is 3.57. The molecule has 0 radical (unpaired) electrons. The minimum absolute atomic E-state index is 0.118. The highest BCUT2D eigenvalue weighted by Crippen LogP contribution is 2.18. The van der Waals surface area contributed by atoms with Crippen LogP contribution in [-0.2, 0) is 4.74 Å². The van der Waals surface area contributed by atoms with Crippen molar-refractivity contribution in [3.63, 3.8) is 0 Å². The first kappa shape index (κ1) is 12.0. The third kappa shape index (κ3) is 3.22. The summed E-state index contributed by atoms with van der Waals surface area (Å²) in [6.07, 6.45) is 0. The van der Waals surface area contributed by atoms with Crippen molar-refractivity contribution >= 4 is 17.5 Å². The Morgan fingerprint density at radius 2 is 2.27 bits per heavy atom. The molecule has 0 aromatic heterocycles. The Kier molecular flexibility index (Phi) is 4.59. The van der Waals surface area contributed by atoms with Gasteiger partial charge < -0.3 is 10.1 Å². The summed E-state index contributed by atoms with van der Waals surface area (Å²) in [5.74, 6) is -0.118. The first-order chi connectivity index (χ1) is 7.16. The summed E-state index contributed by atoms with van der Waals surface area (Å²) in [6.45, 7) is 2.83. The molecule has 0 saturated heterocycles. The van der Waals surface area contributed by atoms with E-state index in [4.69, 9.17) is 16.3 Å². The van der Waals surface area contributed by atoms with Crippen LogP contribution in [0, 0.1) is 6.92 Å². The van der Waals surface area contributed by atoms with Gasteiger partial charge in [-0.25, -0.2) is 0 Å². The highest BCUT2D eigenvalue weighted by molar-refractivity contribution is 6.31. The van der Waals surface area contributed by atoms with E-state index in [1.54, 1.807) is 25.3 Å². The van der Waals surface area contributed by atoms with Crippen molar-refractivity contribution in [1.29, 1.82) is 0 Å². The number of carbonyl (C=O) groups is 1. The van der Waals surface area contributed by atoms with Crippen LogP contribution in [-0.4, -0.2) is 26.2 Å². The lowest BCUT2D eigenvalue weighted by Crippen LogP contribution is -2.27. The Labute approximate surface area is 94.4 Å². The van der Waals surface area contributed by atoms with Crippen LogP contribution < -0.4 is 5.32 Å². The Morgan fingerprint density at radius 3 is 2.93 bits per heavy atom. The smallest absolute Gasteiger partial charge is 0.251 e. The minimum Gasteiger partial charge on any atom is -0.383 e. The van der Waals surface area contributed by atoms with E-state index in [0.29, 0.717) is 23.7 Å². The fourth-order valence-electron chi connectivity index (χ4n) is 1.22. The van der Waals surface area contributed by atoms with Crippen molar-refractivity contribution in [2.45, 2.75) is 6.92 Å². The minimum atomic E-state index is -0.118. The van der Waals surface area contributed by atoms with Gasteiger partial charge in [0, 0.05) is 24.2 Å². The van der Waals surface area contributed by atoms with Gasteiger partial charge in [-0.1, -0.05) is 17.7 Å². The molecule has 0 fully saturated rings. The maximum absolute atomic E-state index is 11.7. The zero-order valence-electron chi connectivity index (χ0n) is 8.84. The lowest BCUT2D eigenvalue weighted by molar-refractivity contribution is 0.0936. The van der Waals surface area contributed by atoms with E-state index in [9.17, 15) is 4.79 Å². The summed E-state index contributed by atoms with van der Waals surface area (Å²) in [5, 5.41) is 3.35. The van der Waals surface area contributed by atoms with Crippen LogP contribution in [0.3, 0.4) is 0 Å². The molecule has 0 spiro atoms. The molecule has 1 aromatic carbocycles. The van der Waals surface area contributed by atoms with Crippen LogP contribution in [0.15, 0.2) is 18.2 Å². The predicted molar refractivity (Wildman–Crippen MR) is 60.4 cm³/mol. The van der Waals surface area contributed by atoms with Gasteiger partial charge >= 0.3 is 0 Å². The summed E-state index contributed by atoms with van der Waals surface area (Å²) in [4.78, 5) is 11.7. The maximum Gasteiger partial charge on any atom is 0.251 e. The molecule has 0 aliphatic rings. The number of amides is 1. The molecule has 3 nitrogen and oxygen atoms in total. The molecular formula is C11H14ClNO2. The molecule has 0 unspecified atom stereocenters. The highest BCUT2D eigenvalue weighted by Gasteiger charge is 2.09. The van der Waals surface area contributed by atoms with Gasteiger partial charge in [-0.3, -0.25) is 4.79 Å². The van der Waals surface area contributed by atoms with E-state index in [0.717, 1.165) is 5.56 Å². The van der Waals surface area contributed by atoms with E-state index in [1.165, 1.54) is 0 Å². The maximum atomic E-state index is 11.7. The van der Waals surface area contributed by atoms with Crippen LogP contribution >= 0.6 is 11.6 Å². The Hall–Kier alpha value is -1.06. The van der Waals surface area contributed by atoms with E-state index < -0.39 is 0 Å². The Bertz CT molecular complexity index is 352. The van der Waals surface area contributed by atoms with Gasteiger partial charge in [-0.15, -0.1) is 0 Å². The summed E-state index contributed by atoms with van der Waals surface area (Å²) in [5.41, 5.74) is 1.41. The number of carbonyl (C=O) groups excluding carboxylic acids is 1. The number of nitrogens with one attached hydrogen (secondary N) is 1. The van der Waals surface area contributed by atoms with E-state index >= 15 is 0 Å². The van der Waals surface area contributed by atoms with Gasteiger partial charge in [0.15, 0.2) is 0 Å². The number of benzene rings is 1. The molecule has 15 heavy (non-hydrogen) atoms. The summed E-state index contributed by atoms with van der Waals surface area (Å²) in [7, 11) is 1.59. The normalized spacial score (nSPS) is 10.1. The quantitative estimate of drug-likeness (QED) is 0.800. The second-order valence-electron chi connectivity index (χ2n) is 3.16. The molecular weight excluding hydrogens is 214 g/mol. The summed E-state index contributed by atoms with van der Waals surface area (Å²) < 4.78 is 4.84. The molecule has 1 N–H and O–H groups in total. The molecule has 0 bridgehead atoms. The largest absolute Gasteiger partial charge is 0.383 e. The molecule has 0 saturated carbocycles. The van der Waals surface area contributed by atoms with Crippen LogP contribution in [0.5, 0.6) is 0 Å². The number of rotatable bonds is 4. The topological polar surface area (TPSA) is 38.3 Å². The molecule has 0 atom stereocenters. The van der Waals surface area contributed by atoms with Crippen molar-refractivity contribution in [3.8, 4) is 0 Å². The molecule has 0 aliphatic heterocycles. The SMILES string of the molecule is COCCNC(=O)c1cccc(Cl)c1C. The van der Waals surface area contributed by atoms with Gasteiger partial charge in [0.2, 0.25) is 0 Å². The monoisotopic (exact) mass is 227 g/mol. The van der Waals surface area contributed by atoms with Crippen LogP contribution in [0.4, 0.5) is 0 Å². The van der Waals surface area contributed by atoms with Crippen molar-refractivity contribution in [2.75, 3.05) is 20.3 Å². The molecule has 4 heteroatoms. The average molecular weight is 228 g/mol. The Balaban J connectivity index is 2.69. The number of hydrogen-bond donors (Lipinski definition) is 1. The van der Waals surface area contributed by atoms with Crippen LogP contribution in [0.2, 0.25) is 5.02 Å². The van der Waals surface area contributed by atoms with Gasteiger partial charge in [0.25, 0.3) is 5.91 Å². The van der Waals surface area contributed by atoms with E-state index in [1.807, 2.05) is 6.92 Å². The predicted octanol–water partition coefficient (Wildman–Crippen LogP) is 2.02. The van der Waals surface area contributed by atoms with E-state index in [2.05, 4.69) is 5.32 Å². The van der Waals surface area contributed by atoms with Crippen molar-refractivity contribution in [2.24, 2.45) is 0 Å². The zero-order chi connectivity index (χ0) is 11.3. The third-order valence-electron chi connectivity index (χ3n) is 2.10. The molecule has 0 heterocycles. The number of halogens is 1. The fraction of sp³-hybridized carbons (Fsp3) is 0.364. The van der Waals surface area contributed by atoms with Gasteiger partial charge in [0.1, 0.15) is 0 Å². The lowest BCUT2D eigenvalue weighted by atomic mass is 10.1. The first-order valence-electron chi connectivity index (χ1n) is 4.69. The fourth-order valence-corrected chi connectivity index (χ4v) is 1.39. The number of ether oxygens (including phenoxy) is 1. The molecule has 82 valence electrons. The van der Waals surface area contributed by atoms with Gasteiger partial charge in [-0.2, -0.15) is 0 Å². The lowest BCUT2D eigenvalue weighted by Gasteiger charge is -2.07. The average Bonchev–Trinajstić information content (AvgIpc) is 2.22. The first-order valence-corrected chi connectivity index (χ1v) is 5.07. The zero-order valence-corrected chi connectivity index (χ0v) is 9.60. The van der Waals surface area contributed by atoms with Gasteiger partial charge in [0.05, 0.1) is 6.61 Å². The number of methoxy groups -OCH3 is 1.